The van der Waals surface area contributed by atoms with Crippen LogP contribution in [0.4, 0.5) is 0 Å². The Kier molecular flexibility index (Phi) is 12.4. The minimum absolute atomic E-state index is 0. The van der Waals surface area contributed by atoms with Crippen LogP contribution in [0.5, 0.6) is 0 Å². The van der Waals surface area contributed by atoms with Crippen molar-refractivity contribution in [2.45, 2.75) is 26.7 Å². The van der Waals surface area contributed by atoms with Crippen LogP contribution in [0.15, 0.2) is 48.6 Å². The number of hydrogen-bond acceptors (Lipinski definition) is 1. The number of ether oxygens (including phenoxy) is 1. The summed E-state index contributed by atoms with van der Waals surface area (Å²) in [7, 11) is 0. The summed E-state index contributed by atoms with van der Waals surface area (Å²) < 4.78 is 4.83. The Morgan fingerprint density at radius 3 is 1.37 bits per heavy atom. The van der Waals surface area contributed by atoms with Gasteiger partial charge in [-0.3, -0.25) is 0 Å². The minimum Gasteiger partial charge on any atom is -0.382 e. The molecular weight excluding hydrogens is 318 g/mol. The van der Waals surface area contributed by atoms with Crippen LogP contribution < -0.4 is 37.7 Å². The van der Waals surface area contributed by atoms with Crippen LogP contribution in [0.3, 0.4) is 0 Å². The van der Waals surface area contributed by atoms with E-state index in [9.17, 15) is 0 Å². The molecule has 0 spiro atoms. The topological polar surface area (TPSA) is 9.23 Å². The SMILES string of the molecule is CCOCC.[CH]1[CH][C](CC[C]2[CH][CH][C]3C=CC=C[C]32)[C]2C=CC=C[C]12.[Li+].[Li+]. The third-order valence-electron chi connectivity index (χ3n) is 4.61. The minimum atomic E-state index is 0. The Labute approximate surface area is 191 Å². The van der Waals surface area contributed by atoms with Crippen LogP contribution >= 0.6 is 0 Å². The van der Waals surface area contributed by atoms with Gasteiger partial charge in [-0.15, -0.1) is 0 Å². The fourth-order valence-corrected chi connectivity index (χ4v) is 3.34. The molecule has 2 saturated carbocycles. The molecule has 0 bridgehead atoms. The van der Waals surface area contributed by atoms with Crippen molar-refractivity contribution in [1.82, 2.24) is 0 Å². The van der Waals surface area contributed by atoms with E-state index >= 15 is 0 Å². The van der Waals surface area contributed by atoms with Gasteiger partial charge in [0.2, 0.25) is 0 Å². The maximum Gasteiger partial charge on any atom is 1.00 e. The third kappa shape index (κ3) is 6.84. The van der Waals surface area contributed by atoms with E-state index in [1.165, 1.54) is 35.5 Å². The Hall–Kier alpha value is 0.115. The van der Waals surface area contributed by atoms with Gasteiger partial charge in [-0.25, -0.2) is 0 Å². The Morgan fingerprint density at radius 1 is 0.593 bits per heavy atom. The van der Waals surface area contributed by atoms with Gasteiger partial charge in [0.15, 0.2) is 0 Å². The largest absolute Gasteiger partial charge is 1.00 e. The third-order valence-corrected chi connectivity index (χ3v) is 4.61. The zero-order chi connectivity index (χ0) is 17.5. The first-order chi connectivity index (χ1) is 12.3. The molecule has 27 heavy (non-hydrogen) atoms. The monoisotopic (exact) mass is 344 g/mol. The smallest absolute Gasteiger partial charge is 0.382 e. The second-order valence-corrected chi connectivity index (χ2v) is 6.17. The van der Waals surface area contributed by atoms with Gasteiger partial charge in [0.1, 0.15) is 0 Å². The van der Waals surface area contributed by atoms with Crippen LogP contribution in [-0.2, 0) is 4.74 Å². The Morgan fingerprint density at radius 2 is 1.00 bits per heavy atom. The predicted octanol–water partition coefficient (Wildman–Crippen LogP) is -0.639. The van der Waals surface area contributed by atoms with Crippen molar-refractivity contribution >= 4 is 0 Å². The number of allylic oxidation sites excluding steroid dienone is 8. The maximum atomic E-state index is 4.83. The predicted molar refractivity (Wildman–Crippen MR) is 105 cm³/mol. The Bertz CT molecular complexity index is 476. The van der Waals surface area contributed by atoms with Gasteiger partial charge < -0.3 is 4.74 Å². The van der Waals surface area contributed by atoms with Crippen molar-refractivity contribution in [2.75, 3.05) is 13.2 Å². The molecule has 0 unspecified atom stereocenters. The van der Waals surface area contributed by atoms with E-state index in [-0.39, 0.29) is 37.7 Å². The molecule has 0 atom stereocenters. The molecular formula is C24H26Li2O+2. The molecule has 0 heterocycles. The molecule has 10 radical (unpaired) electrons. The zero-order valence-electron chi connectivity index (χ0n) is 17.2. The first kappa shape index (κ1) is 25.2. The average Bonchev–Trinajstić information content (AvgIpc) is 3.25. The van der Waals surface area contributed by atoms with Gasteiger partial charge in [0.05, 0.1) is 0 Å². The van der Waals surface area contributed by atoms with Gasteiger partial charge in [0, 0.05) is 36.9 Å². The maximum absolute atomic E-state index is 4.83. The molecule has 4 aliphatic carbocycles. The molecule has 4 aliphatic rings. The van der Waals surface area contributed by atoms with E-state index in [2.05, 4.69) is 74.3 Å². The van der Waals surface area contributed by atoms with Crippen molar-refractivity contribution in [2.24, 2.45) is 0 Å². The standard InChI is InChI=1S/C20H16.C4H10O.2Li/c1-3-7-19-15(5-1)9-11-17(19)13-14-18-12-10-16-6-2-4-8-20(16)18;1-3-5-4-2;;/h1-12H,13-14H2;3-4H2,1-2H3;;/q;;2*+1. The van der Waals surface area contributed by atoms with Crippen LogP contribution in [0.2, 0.25) is 0 Å². The molecule has 128 valence electrons. The van der Waals surface area contributed by atoms with Gasteiger partial charge in [-0.05, 0) is 64.2 Å². The quantitative estimate of drug-likeness (QED) is 0.603. The van der Waals surface area contributed by atoms with E-state index < -0.39 is 0 Å². The summed E-state index contributed by atoms with van der Waals surface area (Å²) in [6, 6.07) is 0. The molecule has 0 aliphatic heterocycles. The summed E-state index contributed by atoms with van der Waals surface area (Å²) in [6.45, 7) is 5.67. The summed E-state index contributed by atoms with van der Waals surface area (Å²) in [6.07, 6.45) is 28.5. The van der Waals surface area contributed by atoms with E-state index in [4.69, 9.17) is 4.74 Å². The van der Waals surface area contributed by atoms with Crippen molar-refractivity contribution in [3.8, 4) is 0 Å². The molecule has 3 heteroatoms. The molecule has 0 N–H and O–H groups in total. The summed E-state index contributed by atoms with van der Waals surface area (Å²) >= 11 is 0. The summed E-state index contributed by atoms with van der Waals surface area (Å²) in [5.74, 6) is 8.45. The van der Waals surface area contributed by atoms with E-state index in [1.54, 1.807) is 0 Å². The van der Waals surface area contributed by atoms with Gasteiger partial charge >= 0.3 is 37.7 Å². The molecule has 4 rings (SSSR count). The number of rotatable bonds is 5. The molecule has 2 fully saturated rings. The van der Waals surface area contributed by atoms with Crippen molar-refractivity contribution < 1.29 is 42.5 Å². The Balaban J connectivity index is 0.000000468. The van der Waals surface area contributed by atoms with E-state index in [0.29, 0.717) is 0 Å². The molecule has 0 aromatic carbocycles. The van der Waals surface area contributed by atoms with Gasteiger partial charge in [-0.2, -0.15) is 0 Å². The molecule has 0 amide bonds. The van der Waals surface area contributed by atoms with Crippen LogP contribution in [0, 0.1) is 61.2 Å². The second-order valence-electron chi connectivity index (χ2n) is 6.17. The van der Waals surface area contributed by atoms with Gasteiger partial charge in [-0.1, -0.05) is 48.6 Å². The fourth-order valence-electron chi connectivity index (χ4n) is 3.34. The molecule has 1 nitrogen and oxygen atoms in total. The van der Waals surface area contributed by atoms with E-state index in [1.807, 2.05) is 13.8 Å². The summed E-state index contributed by atoms with van der Waals surface area (Å²) in [5, 5.41) is 0. The first-order valence-electron chi connectivity index (χ1n) is 9.17. The summed E-state index contributed by atoms with van der Waals surface area (Å²) in [4.78, 5) is 0. The summed E-state index contributed by atoms with van der Waals surface area (Å²) in [5.41, 5.74) is 0. The van der Waals surface area contributed by atoms with E-state index in [0.717, 1.165) is 26.1 Å². The van der Waals surface area contributed by atoms with Crippen LogP contribution in [0.25, 0.3) is 0 Å². The molecule has 0 saturated heterocycles. The van der Waals surface area contributed by atoms with Crippen molar-refractivity contribution in [1.29, 1.82) is 0 Å². The first-order valence-corrected chi connectivity index (χ1v) is 9.17. The normalized spacial score (nSPS) is 22.7. The number of fused-ring (bicyclic) bond motifs is 2. The average molecular weight is 344 g/mol. The van der Waals surface area contributed by atoms with Crippen LogP contribution in [0.1, 0.15) is 26.7 Å². The fraction of sp³-hybridized carbons (Fsp3) is 0.250. The second kappa shape index (κ2) is 13.4. The molecule has 0 aromatic heterocycles. The zero-order valence-corrected chi connectivity index (χ0v) is 17.2. The number of hydrogen-bond donors (Lipinski definition) is 0. The van der Waals surface area contributed by atoms with Crippen molar-refractivity contribution in [3.63, 3.8) is 0 Å². The van der Waals surface area contributed by atoms with Gasteiger partial charge in [0.25, 0.3) is 0 Å². The molecule has 0 aromatic rings. The van der Waals surface area contributed by atoms with Crippen molar-refractivity contribution in [3.05, 3.63) is 110 Å². The van der Waals surface area contributed by atoms with Crippen LogP contribution in [-0.4, -0.2) is 13.2 Å².